The molecule has 0 radical (unpaired) electrons. The summed E-state index contributed by atoms with van der Waals surface area (Å²) in [5.74, 6) is 2.02. The summed E-state index contributed by atoms with van der Waals surface area (Å²) in [4.78, 5) is 14.0. The van der Waals surface area contributed by atoms with Crippen LogP contribution in [0.5, 0.6) is 17.2 Å². The van der Waals surface area contributed by atoms with Crippen LogP contribution in [0.3, 0.4) is 0 Å². The van der Waals surface area contributed by atoms with Gasteiger partial charge in [0.05, 0.1) is 11.9 Å². The highest BCUT2D eigenvalue weighted by Crippen LogP contribution is 2.35. The molecule has 0 unspecified atom stereocenters. The third-order valence-corrected chi connectivity index (χ3v) is 4.39. The minimum Gasteiger partial charge on any atom is -0.492 e. The van der Waals surface area contributed by atoms with Crippen molar-refractivity contribution >= 4 is 21.6 Å². The Kier molecular flexibility index (Phi) is 3.38. The summed E-state index contributed by atoms with van der Waals surface area (Å²) in [6.07, 6.45) is 0. The van der Waals surface area contributed by atoms with Gasteiger partial charge in [-0.3, -0.25) is 4.79 Å². The zero-order valence-electron chi connectivity index (χ0n) is 12.3. The average Bonchev–Trinajstić information content (AvgIpc) is 3.15. The van der Waals surface area contributed by atoms with E-state index in [9.17, 15) is 4.79 Å². The molecular weight excluding hydrogens is 318 g/mol. The van der Waals surface area contributed by atoms with E-state index in [0.717, 1.165) is 4.88 Å². The van der Waals surface area contributed by atoms with Gasteiger partial charge in [0.1, 0.15) is 12.4 Å². The Bertz CT molecular complexity index is 934. The van der Waals surface area contributed by atoms with Crippen molar-refractivity contribution in [2.75, 3.05) is 13.4 Å². The van der Waals surface area contributed by atoms with Crippen LogP contribution >= 0.6 is 11.3 Å². The SMILES string of the molecule is Cc1cc2c(=O)n(CCOc3ccc4c(c3)OCO4)nnc2s1. The Hall–Kier alpha value is -2.61. The maximum Gasteiger partial charge on any atom is 0.278 e. The first kappa shape index (κ1) is 14.0. The zero-order valence-corrected chi connectivity index (χ0v) is 13.1. The second-order valence-electron chi connectivity index (χ2n) is 5.06. The first-order chi connectivity index (χ1) is 11.2. The summed E-state index contributed by atoms with van der Waals surface area (Å²) in [5.41, 5.74) is -0.145. The summed E-state index contributed by atoms with van der Waals surface area (Å²) in [6, 6.07) is 7.20. The maximum absolute atomic E-state index is 12.3. The Morgan fingerprint density at radius 1 is 1.30 bits per heavy atom. The fourth-order valence-electron chi connectivity index (χ4n) is 2.37. The summed E-state index contributed by atoms with van der Waals surface area (Å²) in [7, 11) is 0. The van der Waals surface area contributed by atoms with E-state index in [-0.39, 0.29) is 12.4 Å². The van der Waals surface area contributed by atoms with E-state index in [1.165, 1.54) is 16.0 Å². The Labute approximate surface area is 135 Å². The van der Waals surface area contributed by atoms with Crippen molar-refractivity contribution in [2.24, 2.45) is 0 Å². The summed E-state index contributed by atoms with van der Waals surface area (Å²) in [5, 5.41) is 8.63. The van der Waals surface area contributed by atoms with Crippen LogP contribution in [0.4, 0.5) is 0 Å². The Morgan fingerprint density at radius 3 is 3.09 bits per heavy atom. The molecule has 2 aromatic heterocycles. The largest absolute Gasteiger partial charge is 0.492 e. The second-order valence-corrected chi connectivity index (χ2v) is 6.29. The highest BCUT2D eigenvalue weighted by molar-refractivity contribution is 7.18. The molecule has 8 heteroatoms. The second kappa shape index (κ2) is 5.54. The molecule has 4 rings (SSSR count). The zero-order chi connectivity index (χ0) is 15.8. The normalized spacial score (nSPS) is 12.7. The number of rotatable bonds is 4. The average molecular weight is 331 g/mol. The molecule has 7 nitrogen and oxygen atoms in total. The molecule has 1 aromatic carbocycles. The molecule has 3 heterocycles. The lowest BCUT2D eigenvalue weighted by molar-refractivity contribution is 0.173. The summed E-state index contributed by atoms with van der Waals surface area (Å²) in [6.45, 7) is 2.80. The molecule has 118 valence electrons. The van der Waals surface area contributed by atoms with Crippen LogP contribution in [-0.2, 0) is 6.54 Å². The van der Waals surface area contributed by atoms with Gasteiger partial charge in [0.25, 0.3) is 5.56 Å². The minimum absolute atomic E-state index is 0.145. The number of fused-ring (bicyclic) bond motifs is 2. The van der Waals surface area contributed by atoms with Crippen molar-refractivity contribution in [3.8, 4) is 17.2 Å². The van der Waals surface area contributed by atoms with Crippen LogP contribution < -0.4 is 19.8 Å². The van der Waals surface area contributed by atoms with Crippen molar-refractivity contribution in [3.05, 3.63) is 39.5 Å². The van der Waals surface area contributed by atoms with E-state index in [2.05, 4.69) is 10.3 Å². The summed E-state index contributed by atoms with van der Waals surface area (Å²) < 4.78 is 17.5. The maximum atomic E-state index is 12.3. The number of aromatic nitrogens is 3. The molecule has 0 bridgehead atoms. The molecule has 0 saturated heterocycles. The van der Waals surface area contributed by atoms with Gasteiger partial charge in [0, 0.05) is 10.9 Å². The van der Waals surface area contributed by atoms with Gasteiger partial charge in [-0.15, -0.1) is 16.4 Å². The number of thiophene rings is 1. The van der Waals surface area contributed by atoms with Gasteiger partial charge in [-0.25, -0.2) is 4.68 Å². The van der Waals surface area contributed by atoms with E-state index < -0.39 is 0 Å². The first-order valence-electron chi connectivity index (χ1n) is 7.07. The molecule has 3 aromatic rings. The van der Waals surface area contributed by atoms with Crippen LogP contribution in [0.15, 0.2) is 29.1 Å². The molecule has 0 saturated carbocycles. The van der Waals surface area contributed by atoms with E-state index in [4.69, 9.17) is 14.2 Å². The molecule has 0 spiro atoms. The van der Waals surface area contributed by atoms with Gasteiger partial charge >= 0.3 is 0 Å². The number of aryl methyl sites for hydroxylation is 1. The van der Waals surface area contributed by atoms with Crippen molar-refractivity contribution < 1.29 is 14.2 Å². The molecule has 23 heavy (non-hydrogen) atoms. The molecular formula is C15H13N3O4S. The van der Waals surface area contributed by atoms with E-state index >= 15 is 0 Å². The number of ether oxygens (including phenoxy) is 3. The third kappa shape index (κ3) is 2.61. The molecule has 0 N–H and O–H groups in total. The molecule has 1 aliphatic rings. The van der Waals surface area contributed by atoms with Crippen molar-refractivity contribution in [1.29, 1.82) is 0 Å². The molecule has 0 fully saturated rings. The van der Waals surface area contributed by atoms with E-state index in [0.29, 0.717) is 40.6 Å². The minimum atomic E-state index is -0.145. The van der Waals surface area contributed by atoms with Crippen LogP contribution in [-0.4, -0.2) is 28.4 Å². The van der Waals surface area contributed by atoms with Gasteiger partial charge in [0.15, 0.2) is 16.3 Å². The Morgan fingerprint density at radius 2 is 2.17 bits per heavy atom. The lowest BCUT2D eigenvalue weighted by atomic mass is 10.3. The number of nitrogens with zero attached hydrogens (tertiary/aromatic N) is 3. The predicted octanol–water partition coefficient (Wildman–Crippen LogP) is 1.97. The lowest BCUT2D eigenvalue weighted by Crippen LogP contribution is -2.26. The van der Waals surface area contributed by atoms with Gasteiger partial charge in [-0.05, 0) is 25.1 Å². The van der Waals surface area contributed by atoms with Crippen molar-refractivity contribution in [1.82, 2.24) is 15.0 Å². The van der Waals surface area contributed by atoms with E-state index in [1.54, 1.807) is 18.2 Å². The predicted molar refractivity (Wildman–Crippen MR) is 84.5 cm³/mol. The smallest absolute Gasteiger partial charge is 0.278 e. The van der Waals surface area contributed by atoms with Gasteiger partial charge < -0.3 is 14.2 Å². The van der Waals surface area contributed by atoms with Gasteiger partial charge in [0.2, 0.25) is 6.79 Å². The third-order valence-electron chi connectivity index (χ3n) is 3.46. The van der Waals surface area contributed by atoms with Crippen molar-refractivity contribution in [3.63, 3.8) is 0 Å². The highest BCUT2D eigenvalue weighted by Gasteiger charge is 2.14. The van der Waals surface area contributed by atoms with Crippen LogP contribution in [0.25, 0.3) is 10.2 Å². The van der Waals surface area contributed by atoms with Crippen molar-refractivity contribution in [2.45, 2.75) is 13.5 Å². The van der Waals surface area contributed by atoms with Gasteiger partial charge in [-0.2, -0.15) is 0 Å². The lowest BCUT2D eigenvalue weighted by Gasteiger charge is -2.07. The number of benzene rings is 1. The highest BCUT2D eigenvalue weighted by atomic mass is 32.1. The first-order valence-corrected chi connectivity index (χ1v) is 7.89. The fourth-order valence-corrected chi connectivity index (χ4v) is 3.18. The fraction of sp³-hybridized carbons (Fsp3) is 0.267. The Balaban J connectivity index is 1.47. The van der Waals surface area contributed by atoms with Gasteiger partial charge in [-0.1, -0.05) is 5.21 Å². The number of hydrogen-bond acceptors (Lipinski definition) is 7. The molecule has 1 aliphatic heterocycles. The standard InChI is InChI=1S/C15H13N3O4S/c1-9-6-11-14(23-9)16-17-18(15(11)19)4-5-20-10-2-3-12-13(7-10)22-8-21-12/h2-3,6-7H,4-5,8H2,1H3. The van der Waals surface area contributed by atoms with Crippen LogP contribution in [0.1, 0.15) is 4.88 Å². The van der Waals surface area contributed by atoms with E-state index in [1.807, 2.05) is 13.0 Å². The molecule has 0 atom stereocenters. The topological polar surface area (TPSA) is 75.5 Å². The van der Waals surface area contributed by atoms with Crippen LogP contribution in [0, 0.1) is 6.92 Å². The molecule has 0 aliphatic carbocycles. The molecule has 0 amide bonds. The number of hydrogen-bond donors (Lipinski definition) is 0. The monoisotopic (exact) mass is 331 g/mol. The van der Waals surface area contributed by atoms with Crippen LogP contribution in [0.2, 0.25) is 0 Å². The summed E-state index contributed by atoms with van der Waals surface area (Å²) >= 11 is 1.46. The quantitative estimate of drug-likeness (QED) is 0.727.